The summed E-state index contributed by atoms with van der Waals surface area (Å²) in [5.41, 5.74) is 2.64. The lowest BCUT2D eigenvalue weighted by molar-refractivity contribution is -0.914. The van der Waals surface area contributed by atoms with E-state index < -0.39 is 0 Å². The minimum atomic E-state index is -0.147. The molecule has 1 saturated heterocycles. The van der Waals surface area contributed by atoms with Crippen molar-refractivity contribution in [2.75, 3.05) is 45.0 Å². The minimum absolute atomic E-state index is 0.147. The van der Waals surface area contributed by atoms with Crippen LogP contribution in [-0.4, -0.2) is 50.0 Å². The molecule has 3 heterocycles. The van der Waals surface area contributed by atoms with Gasteiger partial charge in [0.05, 0.1) is 39.0 Å². The fourth-order valence-corrected chi connectivity index (χ4v) is 4.06. The van der Waals surface area contributed by atoms with E-state index in [1.165, 1.54) is 16.5 Å². The van der Waals surface area contributed by atoms with Crippen molar-refractivity contribution in [3.63, 3.8) is 0 Å². The zero-order valence-corrected chi connectivity index (χ0v) is 17.4. The van der Waals surface area contributed by atoms with Crippen LogP contribution in [0.2, 0.25) is 0 Å². The average Bonchev–Trinajstić information content (AvgIpc) is 3.27. The van der Waals surface area contributed by atoms with E-state index in [-0.39, 0.29) is 5.56 Å². The number of piperazine rings is 1. The highest BCUT2D eigenvalue weighted by Gasteiger charge is 2.23. The number of ether oxygens (including phenoxy) is 3. The van der Waals surface area contributed by atoms with Crippen molar-refractivity contribution in [1.29, 1.82) is 0 Å². The summed E-state index contributed by atoms with van der Waals surface area (Å²) in [5.74, 6) is 3.04. The lowest BCUT2D eigenvalue weighted by atomic mass is 10.1. The van der Waals surface area contributed by atoms with Crippen LogP contribution in [0.25, 0.3) is 11.3 Å². The van der Waals surface area contributed by atoms with Gasteiger partial charge in [0.25, 0.3) is 5.56 Å². The number of aromatic amines is 1. The topological polar surface area (TPSA) is 81.1 Å². The number of aromatic nitrogens is 2. The lowest BCUT2D eigenvalue weighted by Crippen LogP contribution is -3.13. The number of quaternary nitrogens is 1. The van der Waals surface area contributed by atoms with E-state index >= 15 is 0 Å². The maximum Gasteiger partial charge on any atom is 0.252 e. The molecule has 3 aromatic rings. The molecule has 0 radical (unpaired) electrons. The first-order chi connectivity index (χ1) is 15.2. The maximum atomic E-state index is 12.3. The van der Waals surface area contributed by atoms with E-state index in [0.29, 0.717) is 18.4 Å². The zero-order valence-electron chi connectivity index (χ0n) is 17.4. The Kier molecular flexibility index (Phi) is 5.21. The molecule has 2 aromatic carbocycles. The molecule has 2 N–H and O–H groups in total. The van der Waals surface area contributed by atoms with Crippen LogP contribution in [0.15, 0.2) is 53.3 Å². The Labute approximate surface area is 180 Å². The first-order valence-electron chi connectivity index (χ1n) is 10.4. The third-order valence-corrected chi connectivity index (χ3v) is 5.78. The Hall–Kier alpha value is -3.52. The van der Waals surface area contributed by atoms with Gasteiger partial charge in [-0.15, -0.1) is 0 Å². The molecule has 5 rings (SSSR count). The number of hydrogen-bond donors (Lipinski definition) is 2. The van der Waals surface area contributed by atoms with Crippen molar-refractivity contribution < 1.29 is 19.1 Å². The molecule has 0 unspecified atom stereocenters. The SMILES string of the molecule is COc1ccc(-c2cc(=O)[nH]c(N3CC[NH+](Cc4ccc5c(c4)OCO5)CC3)n2)cc1. The van der Waals surface area contributed by atoms with Gasteiger partial charge in [0, 0.05) is 17.2 Å². The second kappa shape index (κ2) is 8.31. The third kappa shape index (κ3) is 4.20. The van der Waals surface area contributed by atoms with E-state index in [4.69, 9.17) is 19.2 Å². The van der Waals surface area contributed by atoms with Gasteiger partial charge in [0.2, 0.25) is 12.7 Å². The number of nitrogens with zero attached hydrogens (tertiary/aromatic N) is 2. The Balaban J connectivity index is 1.26. The Morgan fingerprint density at radius 1 is 1.06 bits per heavy atom. The molecule has 0 bridgehead atoms. The van der Waals surface area contributed by atoms with E-state index in [1.54, 1.807) is 7.11 Å². The molecule has 1 fully saturated rings. The van der Waals surface area contributed by atoms with Gasteiger partial charge < -0.3 is 24.0 Å². The Morgan fingerprint density at radius 3 is 2.61 bits per heavy atom. The molecular weight excluding hydrogens is 396 g/mol. The summed E-state index contributed by atoms with van der Waals surface area (Å²) in [6, 6.07) is 15.3. The molecule has 8 heteroatoms. The van der Waals surface area contributed by atoms with Crippen molar-refractivity contribution >= 4 is 5.95 Å². The fourth-order valence-electron chi connectivity index (χ4n) is 4.06. The summed E-state index contributed by atoms with van der Waals surface area (Å²) >= 11 is 0. The molecule has 8 nitrogen and oxygen atoms in total. The molecule has 2 aliphatic rings. The normalized spacial score (nSPS) is 15.8. The molecule has 2 aliphatic heterocycles. The number of benzene rings is 2. The molecule has 0 spiro atoms. The Bertz CT molecular complexity index is 1120. The number of rotatable bonds is 5. The van der Waals surface area contributed by atoms with Gasteiger partial charge in [-0.1, -0.05) is 0 Å². The highest BCUT2D eigenvalue weighted by Crippen LogP contribution is 2.32. The number of nitrogens with one attached hydrogen (secondary N) is 2. The highest BCUT2D eigenvalue weighted by atomic mass is 16.7. The molecule has 0 atom stereocenters. The smallest absolute Gasteiger partial charge is 0.252 e. The molecule has 160 valence electrons. The number of fused-ring (bicyclic) bond motifs is 1. The summed E-state index contributed by atoms with van der Waals surface area (Å²) in [5, 5.41) is 0. The van der Waals surface area contributed by atoms with Crippen LogP contribution < -0.4 is 29.6 Å². The largest absolute Gasteiger partial charge is 0.497 e. The minimum Gasteiger partial charge on any atom is -0.497 e. The van der Waals surface area contributed by atoms with Crippen LogP contribution in [-0.2, 0) is 6.54 Å². The summed E-state index contributed by atoms with van der Waals surface area (Å²) in [4.78, 5) is 23.5. The standard InChI is InChI=1S/C23H24N4O4/c1-29-18-5-3-17(4-6-18)19-13-22(28)25-23(24-19)27-10-8-26(9-11-27)14-16-2-7-20-21(12-16)31-15-30-20/h2-7,12-13H,8-11,14-15H2,1H3,(H,24,25,28)/p+1. The van der Waals surface area contributed by atoms with Crippen LogP contribution in [0.1, 0.15) is 5.56 Å². The summed E-state index contributed by atoms with van der Waals surface area (Å²) in [6.45, 7) is 4.81. The third-order valence-electron chi connectivity index (χ3n) is 5.78. The lowest BCUT2D eigenvalue weighted by Gasteiger charge is -2.32. The Morgan fingerprint density at radius 2 is 1.84 bits per heavy atom. The molecule has 0 aliphatic carbocycles. The molecule has 1 aromatic heterocycles. The number of anilines is 1. The second-order valence-electron chi connectivity index (χ2n) is 7.78. The van der Waals surface area contributed by atoms with Crippen LogP contribution in [0.5, 0.6) is 17.2 Å². The molecular formula is C23H25N4O4+. The predicted octanol–water partition coefficient (Wildman–Crippen LogP) is 1.08. The van der Waals surface area contributed by atoms with Crippen molar-refractivity contribution in [2.24, 2.45) is 0 Å². The van der Waals surface area contributed by atoms with Gasteiger partial charge in [-0.3, -0.25) is 9.78 Å². The maximum absolute atomic E-state index is 12.3. The fraction of sp³-hybridized carbons (Fsp3) is 0.304. The van der Waals surface area contributed by atoms with Gasteiger partial charge >= 0.3 is 0 Å². The van der Waals surface area contributed by atoms with Crippen molar-refractivity contribution in [2.45, 2.75) is 6.54 Å². The second-order valence-corrected chi connectivity index (χ2v) is 7.78. The number of hydrogen-bond acceptors (Lipinski definition) is 6. The molecule has 0 amide bonds. The highest BCUT2D eigenvalue weighted by molar-refractivity contribution is 5.61. The van der Waals surface area contributed by atoms with Gasteiger partial charge in [-0.2, -0.15) is 0 Å². The number of H-pyrrole nitrogens is 1. The van der Waals surface area contributed by atoms with Crippen LogP contribution in [0.4, 0.5) is 5.95 Å². The van der Waals surface area contributed by atoms with Crippen molar-refractivity contribution in [3.8, 4) is 28.5 Å². The summed E-state index contributed by atoms with van der Waals surface area (Å²) < 4.78 is 16.1. The summed E-state index contributed by atoms with van der Waals surface area (Å²) in [6.07, 6.45) is 0. The summed E-state index contributed by atoms with van der Waals surface area (Å²) in [7, 11) is 1.63. The number of methoxy groups -OCH3 is 1. The average molecular weight is 421 g/mol. The monoisotopic (exact) mass is 421 g/mol. The van der Waals surface area contributed by atoms with Crippen molar-refractivity contribution in [1.82, 2.24) is 9.97 Å². The van der Waals surface area contributed by atoms with Gasteiger partial charge in [-0.05, 0) is 42.5 Å². The van der Waals surface area contributed by atoms with E-state index in [9.17, 15) is 4.79 Å². The van der Waals surface area contributed by atoms with Gasteiger partial charge in [-0.25, -0.2) is 4.98 Å². The first kappa shape index (κ1) is 19.4. The predicted molar refractivity (Wildman–Crippen MR) is 116 cm³/mol. The quantitative estimate of drug-likeness (QED) is 0.642. The van der Waals surface area contributed by atoms with Gasteiger partial charge in [0.1, 0.15) is 12.3 Å². The molecule has 0 saturated carbocycles. The van der Waals surface area contributed by atoms with E-state index in [2.05, 4.69) is 22.0 Å². The molecule has 31 heavy (non-hydrogen) atoms. The van der Waals surface area contributed by atoms with Crippen LogP contribution >= 0.6 is 0 Å². The first-order valence-corrected chi connectivity index (χ1v) is 10.4. The zero-order chi connectivity index (χ0) is 21.2. The van der Waals surface area contributed by atoms with Crippen molar-refractivity contribution in [3.05, 3.63) is 64.4 Å². The van der Waals surface area contributed by atoms with E-state index in [1.807, 2.05) is 30.3 Å². The van der Waals surface area contributed by atoms with Crippen LogP contribution in [0, 0.1) is 0 Å². The van der Waals surface area contributed by atoms with E-state index in [0.717, 1.165) is 55.5 Å². The van der Waals surface area contributed by atoms with Gasteiger partial charge in [0.15, 0.2) is 11.5 Å². The van der Waals surface area contributed by atoms with Crippen LogP contribution in [0.3, 0.4) is 0 Å².